The molecule has 9 nitrogen and oxygen atoms in total. The van der Waals surface area contributed by atoms with Crippen molar-refractivity contribution >= 4 is 28.4 Å². The fourth-order valence-electron chi connectivity index (χ4n) is 4.14. The van der Waals surface area contributed by atoms with Crippen LogP contribution in [0.4, 0.5) is 16.0 Å². The third kappa shape index (κ3) is 4.58. The Morgan fingerprint density at radius 1 is 1.12 bits per heavy atom. The molecule has 0 bridgehead atoms. The SMILES string of the molecule is Cn1cc(-c2cc3cc(NC(=O)c4ccncc4)ncc3nc2N2CCN(CCF)CC2)cn1. The summed E-state index contributed by atoms with van der Waals surface area (Å²) in [5, 5.41) is 8.03. The summed E-state index contributed by atoms with van der Waals surface area (Å²) in [6, 6.07) is 7.19. The molecule has 1 saturated heterocycles. The average molecular weight is 461 g/mol. The Bertz CT molecular complexity index is 1300. The molecule has 0 radical (unpaired) electrons. The summed E-state index contributed by atoms with van der Waals surface area (Å²) >= 11 is 0. The molecule has 0 spiro atoms. The van der Waals surface area contributed by atoms with Crippen LogP contribution >= 0.6 is 0 Å². The van der Waals surface area contributed by atoms with E-state index in [1.807, 2.05) is 25.5 Å². The van der Waals surface area contributed by atoms with Gasteiger partial charge in [-0.05, 0) is 24.3 Å². The predicted octanol–water partition coefficient (Wildman–Crippen LogP) is 2.77. The molecule has 0 aliphatic carbocycles. The highest BCUT2D eigenvalue weighted by Crippen LogP contribution is 2.33. The van der Waals surface area contributed by atoms with Crippen molar-refractivity contribution in [3.05, 3.63) is 60.8 Å². The van der Waals surface area contributed by atoms with Gasteiger partial charge in [-0.2, -0.15) is 5.10 Å². The van der Waals surface area contributed by atoms with E-state index >= 15 is 0 Å². The number of anilines is 2. The Balaban J connectivity index is 1.48. The molecule has 10 heteroatoms. The number of nitrogens with one attached hydrogen (secondary N) is 1. The zero-order chi connectivity index (χ0) is 23.5. The summed E-state index contributed by atoms with van der Waals surface area (Å²) in [6.45, 7) is 3.23. The fraction of sp³-hybridized carbons (Fsp3) is 0.292. The van der Waals surface area contributed by atoms with Gasteiger partial charge in [0.05, 0.1) is 17.9 Å². The molecule has 1 amide bonds. The Morgan fingerprint density at radius 2 is 1.91 bits per heavy atom. The van der Waals surface area contributed by atoms with Gasteiger partial charge < -0.3 is 10.2 Å². The summed E-state index contributed by atoms with van der Waals surface area (Å²) in [7, 11) is 1.88. The monoisotopic (exact) mass is 460 g/mol. The van der Waals surface area contributed by atoms with Crippen LogP contribution in [0.1, 0.15) is 10.4 Å². The quantitative estimate of drug-likeness (QED) is 0.473. The summed E-state index contributed by atoms with van der Waals surface area (Å²) in [6.07, 6.45) is 8.60. The fourth-order valence-corrected chi connectivity index (χ4v) is 4.14. The number of aromatic nitrogens is 5. The van der Waals surface area contributed by atoms with E-state index in [-0.39, 0.29) is 12.6 Å². The number of piperazine rings is 1. The van der Waals surface area contributed by atoms with Gasteiger partial charge in [0.15, 0.2) is 0 Å². The van der Waals surface area contributed by atoms with E-state index in [0.29, 0.717) is 17.9 Å². The average Bonchev–Trinajstić information content (AvgIpc) is 3.30. The molecule has 4 aromatic rings. The van der Waals surface area contributed by atoms with Crippen molar-refractivity contribution in [3.8, 4) is 11.1 Å². The number of carbonyl (C=O) groups excluding carboxylic acids is 1. The molecule has 1 aliphatic rings. The number of aryl methyl sites for hydroxylation is 1. The maximum atomic E-state index is 12.8. The molecule has 174 valence electrons. The van der Waals surface area contributed by atoms with Crippen LogP contribution in [0.2, 0.25) is 0 Å². The lowest BCUT2D eigenvalue weighted by Gasteiger charge is -2.35. The number of nitrogens with zero attached hydrogens (tertiary/aromatic N) is 7. The van der Waals surface area contributed by atoms with Gasteiger partial charge in [-0.3, -0.25) is 19.4 Å². The highest BCUT2D eigenvalue weighted by molar-refractivity contribution is 6.04. The zero-order valence-corrected chi connectivity index (χ0v) is 18.9. The Kier molecular flexibility index (Phi) is 6.13. The second-order valence-corrected chi connectivity index (χ2v) is 8.23. The molecule has 1 N–H and O–H groups in total. The van der Waals surface area contributed by atoms with Crippen LogP contribution in [0.15, 0.2) is 55.2 Å². The first-order valence-corrected chi connectivity index (χ1v) is 11.1. The van der Waals surface area contributed by atoms with Gasteiger partial charge in [-0.15, -0.1) is 0 Å². The highest BCUT2D eigenvalue weighted by Gasteiger charge is 2.22. The number of rotatable bonds is 6. The number of carbonyl (C=O) groups is 1. The predicted molar refractivity (Wildman–Crippen MR) is 129 cm³/mol. The van der Waals surface area contributed by atoms with Crippen molar-refractivity contribution in [3.63, 3.8) is 0 Å². The number of amides is 1. The van der Waals surface area contributed by atoms with Gasteiger partial charge in [0, 0.05) is 80.4 Å². The first-order chi connectivity index (χ1) is 16.6. The summed E-state index contributed by atoms with van der Waals surface area (Å²) in [5.41, 5.74) is 3.15. The Hall–Kier alpha value is -3.92. The molecule has 34 heavy (non-hydrogen) atoms. The van der Waals surface area contributed by atoms with Gasteiger partial charge in [-0.1, -0.05) is 0 Å². The molecule has 0 atom stereocenters. The van der Waals surface area contributed by atoms with Crippen LogP contribution in [0.25, 0.3) is 22.0 Å². The molecule has 0 aromatic carbocycles. The standard InChI is InChI=1S/C24H25FN8O/c1-31-16-19(14-28-31)20-12-18-13-22(30-24(34)17-2-5-26-6-3-17)27-15-21(18)29-23(20)33-10-8-32(7-4-25)9-11-33/h2-3,5-6,12-16H,4,7-11H2,1H3,(H,27,30,34). The number of fused-ring (bicyclic) bond motifs is 1. The molecule has 5 rings (SSSR count). The van der Waals surface area contributed by atoms with Crippen molar-refractivity contribution in [1.82, 2.24) is 29.6 Å². The van der Waals surface area contributed by atoms with Crippen molar-refractivity contribution in [1.29, 1.82) is 0 Å². The van der Waals surface area contributed by atoms with Crippen LogP contribution in [0, 0.1) is 0 Å². The topological polar surface area (TPSA) is 92.1 Å². The van der Waals surface area contributed by atoms with Gasteiger partial charge >= 0.3 is 0 Å². The molecule has 0 saturated carbocycles. The van der Waals surface area contributed by atoms with Gasteiger partial charge in [0.1, 0.15) is 18.3 Å². The van der Waals surface area contributed by atoms with Gasteiger partial charge in [0.25, 0.3) is 5.91 Å². The second kappa shape index (κ2) is 9.52. The number of hydrogen-bond donors (Lipinski definition) is 1. The second-order valence-electron chi connectivity index (χ2n) is 8.23. The number of halogens is 1. The van der Waals surface area contributed by atoms with Gasteiger partial charge in [0.2, 0.25) is 0 Å². The zero-order valence-electron chi connectivity index (χ0n) is 18.9. The van der Waals surface area contributed by atoms with Crippen molar-refractivity contribution < 1.29 is 9.18 Å². The van der Waals surface area contributed by atoms with Crippen molar-refractivity contribution in [2.45, 2.75) is 0 Å². The maximum absolute atomic E-state index is 12.8. The largest absolute Gasteiger partial charge is 0.354 e. The molecule has 0 unspecified atom stereocenters. The van der Waals surface area contributed by atoms with E-state index in [4.69, 9.17) is 4.98 Å². The third-order valence-electron chi connectivity index (χ3n) is 5.95. The molecule has 4 aromatic heterocycles. The molecular formula is C24H25FN8O. The Labute approximate surface area is 196 Å². The Morgan fingerprint density at radius 3 is 2.62 bits per heavy atom. The van der Waals surface area contributed by atoms with Crippen LogP contribution in [0.5, 0.6) is 0 Å². The van der Waals surface area contributed by atoms with Crippen LogP contribution in [0.3, 0.4) is 0 Å². The van der Waals surface area contributed by atoms with E-state index in [2.05, 4.69) is 36.2 Å². The van der Waals surface area contributed by atoms with Crippen molar-refractivity contribution in [2.24, 2.45) is 7.05 Å². The first-order valence-electron chi connectivity index (χ1n) is 11.1. The number of pyridine rings is 3. The van der Waals surface area contributed by atoms with Crippen LogP contribution in [-0.4, -0.2) is 74.9 Å². The third-order valence-corrected chi connectivity index (χ3v) is 5.95. The lowest BCUT2D eigenvalue weighted by Crippen LogP contribution is -2.47. The molecule has 1 aliphatic heterocycles. The number of alkyl halides is 1. The minimum absolute atomic E-state index is 0.252. The van der Waals surface area contributed by atoms with Crippen LogP contribution in [-0.2, 0) is 7.05 Å². The minimum atomic E-state index is -0.332. The summed E-state index contributed by atoms with van der Waals surface area (Å²) < 4.78 is 14.5. The molecule has 5 heterocycles. The molecular weight excluding hydrogens is 435 g/mol. The smallest absolute Gasteiger partial charge is 0.256 e. The number of hydrogen-bond acceptors (Lipinski definition) is 7. The maximum Gasteiger partial charge on any atom is 0.256 e. The minimum Gasteiger partial charge on any atom is -0.354 e. The van der Waals surface area contributed by atoms with E-state index in [9.17, 15) is 9.18 Å². The lowest BCUT2D eigenvalue weighted by molar-refractivity contribution is 0.102. The normalized spacial score (nSPS) is 14.5. The van der Waals surface area contributed by atoms with Crippen molar-refractivity contribution in [2.75, 3.05) is 49.6 Å². The lowest BCUT2D eigenvalue weighted by atomic mass is 10.1. The van der Waals surface area contributed by atoms with Crippen LogP contribution < -0.4 is 10.2 Å². The molecule has 1 fully saturated rings. The highest BCUT2D eigenvalue weighted by atomic mass is 19.1. The van der Waals surface area contributed by atoms with E-state index < -0.39 is 0 Å². The summed E-state index contributed by atoms with van der Waals surface area (Å²) in [4.78, 5) is 30.2. The van der Waals surface area contributed by atoms with E-state index in [0.717, 1.165) is 54.0 Å². The summed E-state index contributed by atoms with van der Waals surface area (Å²) in [5.74, 6) is 1.05. The van der Waals surface area contributed by atoms with E-state index in [1.54, 1.807) is 35.4 Å². The first kappa shape index (κ1) is 21.9. The van der Waals surface area contributed by atoms with Gasteiger partial charge in [-0.25, -0.2) is 14.4 Å². The van der Waals surface area contributed by atoms with E-state index in [1.165, 1.54) is 0 Å².